The summed E-state index contributed by atoms with van der Waals surface area (Å²) < 4.78 is 0. The fraction of sp³-hybridized carbons (Fsp3) is 0.300. The molecule has 1 aromatic carbocycles. The molecule has 0 aliphatic carbocycles. The molecule has 0 radical (unpaired) electrons. The van der Waals surface area contributed by atoms with E-state index in [2.05, 4.69) is 10.3 Å². The number of rotatable bonds is 4. The molecule has 0 bridgehead atoms. The van der Waals surface area contributed by atoms with Crippen molar-refractivity contribution in [1.29, 1.82) is 0 Å². The molecule has 0 aromatic heterocycles. The van der Waals surface area contributed by atoms with Crippen LogP contribution in [-0.4, -0.2) is 25.1 Å². The van der Waals surface area contributed by atoms with E-state index in [1.54, 1.807) is 13.4 Å². The Bertz CT molecular complexity index is 284. The van der Waals surface area contributed by atoms with E-state index in [1.165, 1.54) is 0 Å². The normalized spacial score (nSPS) is 10.6. The van der Waals surface area contributed by atoms with Crippen LogP contribution in [0, 0.1) is 0 Å². The van der Waals surface area contributed by atoms with Crippen LogP contribution in [0.15, 0.2) is 29.3 Å². The van der Waals surface area contributed by atoms with Gasteiger partial charge in [-0.15, -0.1) is 0 Å². The summed E-state index contributed by atoms with van der Waals surface area (Å²) in [6, 6.07) is 7.86. The van der Waals surface area contributed by atoms with Gasteiger partial charge in [-0.05, 0) is 18.1 Å². The first-order chi connectivity index (χ1) is 6.38. The van der Waals surface area contributed by atoms with Gasteiger partial charge in [-0.3, -0.25) is 4.99 Å². The first-order valence-electron chi connectivity index (χ1n) is 4.24. The zero-order chi connectivity index (χ0) is 9.52. The molecule has 0 fully saturated rings. The highest BCUT2D eigenvalue weighted by atomic mass is 16.2. The SMILES string of the molecule is CN=CNc1ccccc1CCO. The van der Waals surface area contributed by atoms with Gasteiger partial charge in [-0.2, -0.15) is 0 Å². The Labute approximate surface area is 78.1 Å². The maximum absolute atomic E-state index is 8.81. The van der Waals surface area contributed by atoms with E-state index < -0.39 is 0 Å². The molecular formula is C10H14N2O. The average Bonchev–Trinajstić information content (AvgIpc) is 2.17. The second-order valence-electron chi connectivity index (χ2n) is 2.66. The Balaban J connectivity index is 2.77. The molecule has 0 unspecified atom stereocenters. The van der Waals surface area contributed by atoms with E-state index in [4.69, 9.17) is 5.11 Å². The first-order valence-corrected chi connectivity index (χ1v) is 4.24. The van der Waals surface area contributed by atoms with Crippen molar-refractivity contribution in [2.75, 3.05) is 19.0 Å². The second-order valence-corrected chi connectivity index (χ2v) is 2.66. The van der Waals surface area contributed by atoms with Gasteiger partial charge in [0.05, 0.1) is 6.34 Å². The molecule has 70 valence electrons. The van der Waals surface area contributed by atoms with Gasteiger partial charge in [-0.25, -0.2) is 0 Å². The number of aliphatic imine (C=N–C) groups is 1. The lowest BCUT2D eigenvalue weighted by Crippen LogP contribution is -2.00. The van der Waals surface area contributed by atoms with E-state index in [0.717, 1.165) is 11.3 Å². The minimum absolute atomic E-state index is 0.169. The van der Waals surface area contributed by atoms with Crippen molar-refractivity contribution in [2.24, 2.45) is 4.99 Å². The molecule has 3 nitrogen and oxygen atoms in total. The second kappa shape index (κ2) is 5.32. The van der Waals surface area contributed by atoms with Crippen LogP contribution >= 0.6 is 0 Å². The maximum atomic E-state index is 8.81. The van der Waals surface area contributed by atoms with Gasteiger partial charge in [0.25, 0.3) is 0 Å². The van der Waals surface area contributed by atoms with Gasteiger partial charge in [0.1, 0.15) is 0 Å². The number of nitrogens with zero attached hydrogens (tertiary/aromatic N) is 1. The molecule has 0 saturated heterocycles. The summed E-state index contributed by atoms with van der Waals surface area (Å²) in [5, 5.41) is 11.9. The van der Waals surface area contributed by atoms with Crippen LogP contribution in [0.3, 0.4) is 0 Å². The average molecular weight is 178 g/mol. The van der Waals surface area contributed by atoms with Crippen LogP contribution in [0.4, 0.5) is 5.69 Å². The van der Waals surface area contributed by atoms with Gasteiger partial charge >= 0.3 is 0 Å². The molecule has 3 heteroatoms. The molecule has 1 rings (SSSR count). The van der Waals surface area contributed by atoms with Gasteiger partial charge < -0.3 is 10.4 Å². The van der Waals surface area contributed by atoms with Crippen LogP contribution < -0.4 is 5.32 Å². The fourth-order valence-corrected chi connectivity index (χ4v) is 1.13. The monoisotopic (exact) mass is 178 g/mol. The summed E-state index contributed by atoms with van der Waals surface area (Å²) >= 11 is 0. The van der Waals surface area contributed by atoms with E-state index in [9.17, 15) is 0 Å². The number of anilines is 1. The third-order valence-electron chi connectivity index (χ3n) is 1.75. The van der Waals surface area contributed by atoms with Crippen LogP contribution in [0.2, 0.25) is 0 Å². The highest BCUT2D eigenvalue weighted by Gasteiger charge is 1.97. The number of hydrogen-bond donors (Lipinski definition) is 2. The molecule has 0 aliphatic heterocycles. The van der Waals surface area contributed by atoms with Crippen molar-refractivity contribution in [3.05, 3.63) is 29.8 Å². The molecular weight excluding hydrogens is 164 g/mol. The Morgan fingerprint density at radius 3 is 2.92 bits per heavy atom. The minimum atomic E-state index is 0.169. The Morgan fingerprint density at radius 2 is 2.23 bits per heavy atom. The van der Waals surface area contributed by atoms with E-state index in [-0.39, 0.29) is 6.61 Å². The predicted molar refractivity (Wildman–Crippen MR) is 55.3 cm³/mol. The third-order valence-corrected chi connectivity index (χ3v) is 1.75. The number of hydrogen-bond acceptors (Lipinski definition) is 2. The van der Waals surface area contributed by atoms with Crippen LogP contribution in [0.25, 0.3) is 0 Å². The van der Waals surface area contributed by atoms with Crippen molar-refractivity contribution in [3.63, 3.8) is 0 Å². The van der Waals surface area contributed by atoms with Gasteiger partial charge in [0, 0.05) is 19.3 Å². The van der Waals surface area contributed by atoms with Gasteiger partial charge in [0.2, 0.25) is 0 Å². The highest BCUT2D eigenvalue weighted by molar-refractivity contribution is 5.77. The molecule has 0 atom stereocenters. The third kappa shape index (κ3) is 2.87. The lowest BCUT2D eigenvalue weighted by Gasteiger charge is -2.06. The Kier molecular flexibility index (Phi) is 3.99. The summed E-state index contributed by atoms with van der Waals surface area (Å²) in [5.41, 5.74) is 2.10. The largest absolute Gasteiger partial charge is 0.396 e. The molecule has 0 heterocycles. The predicted octanol–water partition coefficient (Wildman–Crippen LogP) is 1.29. The smallest absolute Gasteiger partial charge is 0.0864 e. The minimum Gasteiger partial charge on any atom is -0.396 e. The Hall–Kier alpha value is -1.35. The molecule has 0 aliphatic rings. The summed E-state index contributed by atoms with van der Waals surface area (Å²) in [6.07, 6.45) is 2.30. The molecule has 0 amide bonds. The van der Waals surface area contributed by atoms with Crippen LogP contribution in [0.1, 0.15) is 5.56 Å². The number of benzene rings is 1. The lowest BCUT2D eigenvalue weighted by atomic mass is 10.1. The van der Waals surface area contributed by atoms with E-state index >= 15 is 0 Å². The number of nitrogens with one attached hydrogen (secondary N) is 1. The van der Waals surface area contributed by atoms with Crippen molar-refractivity contribution in [3.8, 4) is 0 Å². The molecule has 2 N–H and O–H groups in total. The van der Waals surface area contributed by atoms with Gasteiger partial charge in [-0.1, -0.05) is 18.2 Å². The fourth-order valence-electron chi connectivity index (χ4n) is 1.13. The van der Waals surface area contributed by atoms with Crippen molar-refractivity contribution < 1.29 is 5.11 Å². The number of aliphatic hydroxyl groups excluding tert-OH is 1. The van der Waals surface area contributed by atoms with Crippen molar-refractivity contribution in [1.82, 2.24) is 0 Å². The zero-order valence-corrected chi connectivity index (χ0v) is 7.70. The molecule has 0 saturated carbocycles. The number of aliphatic hydroxyl groups is 1. The molecule has 0 spiro atoms. The molecule has 13 heavy (non-hydrogen) atoms. The first kappa shape index (κ1) is 9.74. The Morgan fingerprint density at radius 1 is 1.46 bits per heavy atom. The lowest BCUT2D eigenvalue weighted by molar-refractivity contribution is 0.300. The van der Waals surface area contributed by atoms with E-state index in [1.807, 2.05) is 24.3 Å². The van der Waals surface area contributed by atoms with Gasteiger partial charge in [0.15, 0.2) is 0 Å². The van der Waals surface area contributed by atoms with Crippen molar-refractivity contribution in [2.45, 2.75) is 6.42 Å². The summed E-state index contributed by atoms with van der Waals surface area (Å²) in [6.45, 7) is 0.169. The van der Waals surface area contributed by atoms with Crippen LogP contribution in [-0.2, 0) is 6.42 Å². The standard InChI is InChI=1S/C10H14N2O/c1-11-8-12-10-5-3-2-4-9(10)6-7-13/h2-5,8,13H,6-7H2,1H3,(H,11,12). The molecule has 1 aromatic rings. The highest BCUT2D eigenvalue weighted by Crippen LogP contribution is 2.14. The number of para-hydroxylation sites is 1. The zero-order valence-electron chi connectivity index (χ0n) is 7.70. The quantitative estimate of drug-likeness (QED) is 0.539. The van der Waals surface area contributed by atoms with Crippen molar-refractivity contribution >= 4 is 12.0 Å². The summed E-state index contributed by atoms with van der Waals surface area (Å²) in [5.74, 6) is 0. The van der Waals surface area contributed by atoms with E-state index in [0.29, 0.717) is 6.42 Å². The summed E-state index contributed by atoms with van der Waals surface area (Å²) in [7, 11) is 1.71. The van der Waals surface area contributed by atoms with Crippen LogP contribution in [0.5, 0.6) is 0 Å². The topological polar surface area (TPSA) is 44.6 Å². The summed E-state index contributed by atoms with van der Waals surface area (Å²) in [4.78, 5) is 3.83. The maximum Gasteiger partial charge on any atom is 0.0864 e.